The topological polar surface area (TPSA) is 69.9 Å². The first-order chi connectivity index (χ1) is 12.1. The summed E-state index contributed by atoms with van der Waals surface area (Å²) in [6, 6.07) is 4.42. The normalized spacial score (nSPS) is 20.7. The number of piperidine rings is 1. The van der Waals surface area contributed by atoms with Crippen molar-refractivity contribution in [2.45, 2.75) is 51.3 Å². The molecule has 0 spiro atoms. The Hall–Kier alpha value is -1.92. The Bertz CT molecular complexity index is 760. The summed E-state index contributed by atoms with van der Waals surface area (Å²) in [7, 11) is 0. The number of carbonyl (C=O) groups is 1. The molecule has 25 heavy (non-hydrogen) atoms. The van der Waals surface area contributed by atoms with Crippen molar-refractivity contribution in [2.75, 3.05) is 13.1 Å². The first-order valence-electron chi connectivity index (χ1n) is 9.23. The van der Waals surface area contributed by atoms with Gasteiger partial charge < -0.3 is 14.8 Å². The Kier molecular flexibility index (Phi) is 4.48. The molecule has 1 saturated carbocycles. The molecule has 2 aromatic rings. The molecule has 2 fully saturated rings. The molecule has 0 radical (unpaired) electrons. The number of nitrogens with zero attached hydrogens (tertiary/aromatic N) is 3. The lowest BCUT2D eigenvalue weighted by Crippen LogP contribution is -2.44. The summed E-state index contributed by atoms with van der Waals surface area (Å²) in [6.45, 7) is 4.68. The van der Waals surface area contributed by atoms with E-state index >= 15 is 0 Å². The zero-order chi connectivity index (χ0) is 17.4. The number of aryl methyl sites for hydroxylation is 1. The van der Waals surface area contributed by atoms with Crippen LogP contribution in [0.1, 0.15) is 36.9 Å². The molecule has 0 bridgehead atoms. The Labute approximate surface area is 147 Å². The first-order valence-corrected chi connectivity index (χ1v) is 9.23. The van der Waals surface area contributed by atoms with E-state index in [-0.39, 0.29) is 11.8 Å². The molecule has 6 heteroatoms. The van der Waals surface area contributed by atoms with Gasteiger partial charge in [-0.2, -0.15) is 0 Å². The van der Waals surface area contributed by atoms with Crippen molar-refractivity contribution >= 4 is 11.6 Å². The molecule has 0 unspecified atom stereocenters. The van der Waals surface area contributed by atoms with Crippen molar-refractivity contribution in [1.29, 1.82) is 0 Å². The number of carbonyl (C=O) groups excluding carboxylic acids is 1. The van der Waals surface area contributed by atoms with Crippen LogP contribution in [0.2, 0.25) is 0 Å². The van der Waals surface area contributed by atoms with Crippen LogP contribution in [-0.2, 0) is 11.3 Å². The van der Waals surface area contributed by atoms with Gasteiger partial charge in [0.15, 0.2) is 0 Å². The lowest BCUT2D eigenvalue weighted by atomic mass is 9.90. The highest BCUT2D eigenvalue weighted by molar-refractivity contribution is 5.81. The molecular weight excluding hydrogens is 316 g/mol. The van der Waals surface area contributed by atoms with E-state index in [0.29, 0.717) is 6.04 Å². The predicted molar refractivity (Wildman–Crippen MR) is 95.1 cm³/mol. The van der Waals surface area contributed by atoms with E-state index < -0.39 is 6.10 Å². The van der Waals surface area contributed by atoms with Gasteiger partial charge in [0.05, 0.1) is 5.69 Å². The maximum absolute atomic E-state index is 12.0. The van der Waals surface area contributed by atoms with Gasteiger partial charge in [0.25, 0.3) is 0 Å². The van der Waals surface area contributed by atoms with Crippen LogP contribution in [0.4, 0.5) is 0 Å². The number of aliphatic hydroxyl groups excluding tert-OH is 1. The number of fused-ring (bicyclic) bond motifs is 1. The van der Waals surface area contributed by atoms with Crippen LogP contribution in [-0.4, -0.2) is 50.5 Å². The van der Waals surface area contributed by atoms with Crippen LogP contribution < -0.4 is 5.32 Å². The SMILES string of the molecule is Cc1ccc2nc(CN3CCC([C@H](O)C(=O)NC4CC4)CC3)cn2c1. The summed E-state index contributed by atoms with van der Waals surface area (Å²) in [5.74, 6) is -0.115. The Morgan fingerprint density at radius 3 is 2.76 bits per heavy atom. The van der Waals surface area contributed by atoms with Gasteiger partial charge in [0.1, 0.15) is 11.8 Å². The van der Waals surface area contributed by atoms with E-state index in [1.165, 1.54) is 5.56 Å². The van der Waals surface area contributed by atoms with Crippen LogP contribution in [0.25, 0.3) is 5.65 Å². The molecule has 2 N–H and O–H groups in total. The summed E-state index contributed by atoms with van der Waals surface area (Å²) in [4.78, 5) is 19.0. The van der Waals surface area contributed by atoms with Crippen molar-refractivity contribution < 1.29 is 9.90 Å². The molecule has 3 heterocycles. The molecule has 1 aliphatic carbocycles. The molecule has 0 aromatic carbocycles. The van der Waals surface area contributed by atoms with Gasteiger partial charge in [-0.1, -0.05) is 6.07 Å². The highest BCUT2D eigenvalue weighted by Crippen LogP contribution is 2.24. The predicted octanol–water partition coefficient (Wildman–Crippen LogP) is 1.49. The van der Waals surface area contributed by atoms with Crippen LogP contribution in [0.5, 0.6) is 0 Å². The first kappa shape index (κ1) is 16.5. The monoisotopic (exact) mass is 342 g/mol. The number of hydrogen-bond acceptors (Lipinski definition) is 4. The van der Waals surface area contributed by atoms with Crippen molar-refractivity contribution in [3.8, 4) is 0 Å². The number of hydrogen-bond donors (Lipinski definition) is 2. The van der Waals surface area contributed by atoms with Gasteiger partial charge in [-0.3, -0.25) is 9.69 Å². The molecule has 1 aliphatic heterocycles. The molecule has 134 valence electrons. The van der Waals surface area contributed by atoms with Gasteiger partial charge in [0, 0.05) is 25.0 Å². The maximum atomic E-state index is 12.0. The minimum Gasteiger partial charge on any atom is -0.383 e. The fourth-order valence-corrected chi connectivity index (χ4v) is 3.62. The summed E-state index contributed by atoms with van der Waals surface area (Å²) >= 11 is 0. The highest BCUT2D eigenvalue weighted by atomic mass is 16.3. The largest absolute Gasteiger partial charge is 0.383 e. The minimum absolute atomic E-state index is 0.0683. The smallest absolute Gasteiger partial charge is 0.249 e. The Morgan fingerprint density at radius 2 is 2.04 bits per heavy atom. The van der Waals surface area contributed by atoms with Crippen LogP contribution in [0.3, 0.4) is 0 Å². The highest BCUT2D eigenvalue weighted by Gasteiger charge is 2.33. The Balaban J connectivity index is 1.31. The fourth-order valence-electron chi connectivity index (χ4n) is 3.62. The number of rotatable bonds is 5. The van der Waals surface area contributed by atoms with Gasteiger partial charge in [-0.15, -0.1) is 0 Å². The second-order valence-corrected chi connectivity index (χ2v) is 7.55. The quantitative estimate of drug-likeness (QED) is 0.864. The number of likely N-dealkylation sites (tertiary alicyclic amines) is 1. The van der Waals surface area contributed by atoms with Gasteiger partial charge in [-0.25, -0.2) is 4.98 Å². The molecule has 1 saturated heterocycles. The molecule has 2 aliphatic rings. The zero-order valence-corrected chi connectivity index (χ0v) is 14.7. The fraction of sp³-hybridized carbons (Fsp3) is 0.579. The Morgan fingerprint density at radius 1 is 1.28 bits per heavy atom. The molecule has 6 nitrogen and oxygen atoms in total. The van der Waals surface area contributed by atoms with Gasteiger partial charge in [-0.05, 0) is 63.2 Å². The van der Waals surface area contributed by atoms with E-state index in [2.05, 4.69) is 45.0 Å². The summed E-state index contributed by atoms with van der Waals surface area (Å²) in [5, 5.41) is 13.2. The van der Waals surface area contributed by atoms with E-state index in [1.54, 1.807) is 0 Å². The summed E-state index contributed by atoms with van der Waals surface area (Å²) in [5.41, 5.74) is 3.26. The minimum atomic E-state index is -0.860. The molecule has 2 aromatic heterocycles. The van der Waals surface area contributed by atoms with Crippen LogP contribution in [0, 0.1) is 12.8 Å². The molecule has 1 atom stereocenters. The molecular formula is C19H26N4O2. The molecule has 4 rings (SSSR count). The average molecular weight is 342 g/mol. The number of amides is 1. The number of aliphatic hydroxyl groups is 1. The lowest BCUT2D eigenvalue weighted by Gasteiger charge is -2.33. The van der Waals surface area contributed by atoms with Crippen molar-refractivity contribution in [2.24, 2.45) is 5.92 Å². The van der Waals surface area contributed by atoms with E-state index in [4.69, 9.17) is 0 Å². The third-order valence-electron chi connectivity index (χ3n) is 5.31. The second-order valence-electron chi connectivity index (χ2n) is 7.55. The van der Waals surface area contributed by atoms with E-state index in [1.807, 2.05) is 6.07 Å². The lowest BCUT2D eigenvalue weighted by molar-refractivity contribution is -0.133. The zero-order valence-electron chi connectivity index (χ0n) is 14.7. The molecule has 1 amide bonds. The summed E-state index contributed by atoms with van der Waals surface area (Å²) < 4.78 is 2.07. The van der Waals surface area contributed by atoms with Crippen molar-refractivity contribution in [3.05, 3.63) is 35.8 Å². The maximum Gasteiger partial charge on any atom is 0.249 e. The summed E-state index contributed by atoms with van der Waals surface area (Å²) in [6.07, 6.45) is 7.13. The van der Waals surface area contributed by atoms with Crippen LogP contribution in [0.15, 0.2) is 24.5 Å². The van der Waals surface area contributed by atoms with E-state index in [9.17, 15) is 9.90 Å². The van der Waals surface area contributed by atoms with Crippen molar-refractivity contribution in [3.63, 3.8) is 0 Å². The van der Waals surface area contributed by atoms with E-state index in [0.717, 1.165) is 56.7 Å². The number of aromatic nitrogens is 2. The third kappa shape index (κ3) is 3.85. The number of imidazole rings is 1. The van der Waals surface area contributed by atoms with Crippen molar-refractivity contribution in [1.82, 2.24) is 19.6 Å². The standard InChI is InChI=1S/C19H26N4O2/c1-13-2-5-17-20-16(12-23(17)10-13)11-22-8-6-14(7-9-22)18(24)19(25)21-15-3-4-15/h2,5,10,12,14-15,18,24H,3-4,6-9,11H2,1H3,(H,21,25)/t18-/m0/s1. The number of pyridine rings is 1. The third-order valence-corrected chi connectivity index (χ3v) is 5.31. The average Bonchev–Trinajstić information content (AvgIpc) is 3.32. The van der Waals surface area contributed by atoms with Crippen LogP contribution >= 0.6 is 0 Å². The second kappa shape index (κ2) is 6.77. The van der Waals surface area contributed by atoms with Gasteiger partial charge >= 0.3 is 0 Å². The number of nitrogens with one attached hydrogen (secondary N) is 1. The van der Waals surface area contributed by atoms with Gasteiger partial charge in [0.2, 0.25) is 5.91 Å².